The van der Waals surface area contributed by atoms with Crippen LogP contribution in [0.15, 0.2) is 0 Å². The maximum Gasteiger partial charge on any atom is 0.405 e. The van der Waals surface area contributed by atoms with Crippen molar-refractivity contribution in [2.75, 3.05) is 32.7 Å². The molecule has 0 unspecified atom stereocenters. The number of alkyl halides is 3. The molecule has 1 rings (SSSR count). The van der Waals surface area contributed by atoms with Gasteiger partial charge in [0, 0.05) is 26.2 Å². The monoisotopic (exact) mass is 227 g/mol. The Morgan fingerprint density at radius 1 is 1.36 bits per heavy atom. The number of nitrogens with zero attached hydrogens (tertiary/aromatic N) is 1. The highest BCUT2D eigenvalue weighted by molar-refractivity contribution is 7.80. The standard InChI is InChI=1S/C7H12F3N3S/c8-7(9,10)5-12-6(14)13-3-1-11-2-4-13/h11H,1-5H2,(H,12,14). The second-order valence-corrected chi connectivity index (χ2v) is 3.40. The van der Waals surface area contributed by atoms with Gasteiger partial charge in [-0.05, 0) is 12.2 Å². The molecule has 1 fully saturated rings. The van der Waals surface area contributed by atoms with Gasteiger partial charge in [-0.1, -0.05) is 0 Å². The Balaban J connectivity index is 2.27. The van der Waals surface area contributed by atoms with Crippen LogP contribution in [0.2, 0.25) is 0 Å². The average Bonchev–Trinajstić information content (AvgIpc) is 2.14. The van der Waals surface area contributed by atoms with E-state index in [0.717, 1.165) is 13.1 Å². The van der Waals surface area contributed by atoms with Gasteiger partial charge in [0.25, 0.3) is 0 Å². The molecule has 0 bridgehead atoms. The Morgan fingerprint density at radius 2 is 1.93 bits per heavy atom. The van der Waals surface area contributed by atoms with Crippen molar-refractivity contribution < 1.29 is 13.2 Å². The fourth-order valence-electron chi connectivity index (χ4n) is 1.16. The molecular formula is C7H12F3N3S. The molecule has 0 spiro atoms. The van der Waals surface area contributed by atoms with Crippen molar-refractivity contribution in [3.63, 3.8) is 0 Å². The molecule has 1 heterocycles. The van der Waals surface area contributed by atoms with Crippen molar-refractivity contribution in [3.8, 4) is 0 Å². The van der Waals surface area contributed by atoms with E-state index in [1.165, 1.54) is 0 Å². The summed E-state index contributed by atoms with van der Waals surface area (Å²) in [5.74, 6) is 0. The third-order valence-electron chi connectivity index (χ3n) is 1.84. The number of nitrogens with one attached hydrogen (secondary N) is 2. The van der Waals surface area contributed by atoms with Gasteiger partial charge in [0.1, 0.15) is 6.54 Å². The van der Waals surface area contributed by atoms with Gasteiger partial charge < -0.3 is 15.5 Å². The molecule has 14 heavy (non-hydrogen) atoms. The van der Waals surface area contributed by atoms with Gasteiger partial charge in [-0.2, -0.15) is 13.2 Å². The fraction of sp³-hybridized carbons (Fsp3) is 0.857. The summed E-state index contributed by atoms with van der Waals surface area (Å²) in [4.78, 5) is 1.73. The minimum Gasteiger partial charge on any atom is -0.354 e. The van der Waals surface area contributed by atoms with Crippen molar-refractivity contribution in [1.82, 2.24) is 15.5 Å². The van der Waals surface area contributed by atoms with E-state index < -0.39 is 12.7 Å². The quantitative estimate of drug-likeness (QED) is 0.631. The lowest BCUT2D eigenvalue weighted by molar-refractivity contribution is -0.122. The number of hydrogen-bond donors (Lipinski definition) is 2. The van der Waals surface area contributed by atoms with Crippen LogP contribution >= 0.6 is 12.2 Å². The number of halogens is 3. The third kappa shape index (κ3) is 4.10. The molecule has 0 aromatic carbocycles. The van der Waals surface area contributed by atoms with Crippen LogP contribution < -0.4 is 10.6 Å². The number of hydrogen-bond acceptors (Lipinski definition) is 2. The summed E-state index contributed by atoms with van der Waals surface area (Å²) in [5, 5.41) is 5.47. The molecule has 0 aromatic heterocycles. The second kappa shape index (κ2) is 4.79. The molecule has 0 aromatic rings. The van der Waals surface area contributed by atoms with Crippen LogP contribution in [0.1, 0.15) is 0 Å². The summed E-state index contributed by atoms with van der Waals surface area (Å²) in [6.45, 7) is 1.77. The van der Waals surface area contributed by atoms with E-state index in [9.17, 15) is 13.2 Å². The molecule has 2 N–H and O–H groups in total. The Labute approximate surface area is 85.6 Å². The van der Waals surface area contributed by atoms with Crippen LogP contribution in [0, 0.1) is 0 Å². The minimum absolute atomic E-state index is 0.184. The maximum atomic E-state index is 11.8. The summed E-state index contributed by atoms with van der Waals surface area (Å²) in [6.07, 6.45) is -4.21. The molecular weight excluding hydrogens is 215 g/mol. The summed E-state index contributed by atoms with van der Waals surface area (Å²) in [7, 11) is 0. The molecule has 0 radical (unpaired) electrons. The van der Waals surface area contributed by atoms with Gasteiger partial charge in [-0.15, -0.1) is 0 Å². The first-order chi connectivity index (χ1) is 6.49. The van der Waals surface area contributed by atoms with Gasteiger partial charge >= 0.3 is 6.18 Å². The highest BCUT2D eigenvalue weighted by atomic mass is 32.1. The van der Waals surface area contributed by atoms with Crippen molar-refractivity contribution >= 4 is 17.3 Å². The summed E-state index contributed by atoms with van der Waals surface area (Å²) < 4.78 is 35.5. The molecule has 1 aliphatic heterocycles. The molecule has 3 nitrogen and oxygen atoms in total. The van der Waals surface area contributed by atoms with Crippen LogP contribution in [0.25, 0.3) is 0 Å². The van der Waals surface area contributed by atoms with E-state index in [1.807, 2.05) is 0 Å². The largest absolute Gasteiger partial charge is 0.405 e. The van der Waals surface area contributed by atoms with E-state index in [2.05, 4.69) is 10.6 Å². The molecule has 1 aliphatic rings. The lowest BCUT2D eigenvalue weighted by Crippen LogP contribution is -2.51. The van der Waals surface area contributed by atoms with E-state index in [1.54, 1.807) is 4.90 Å². The normalized spacial score (nSPS) is 18.1. The topological polar surface area (TPSA) is 27.3 Å². The Kier molecular flexibility index (Phi) is 3.94. The van der Waals surface area contributed by atoms with Gasteiger partial charge in [0.15, 0.2) is 5.11 Å². The van der Waals surface area contributed by atoms with Gasteiger partial charge in [0.2, 0.25) is 0 Å². The Morgan fingerprint density at radius 3 is 2.43 bits per heavy atom. The fourth-order valence-corrected chi connectivity index (χ4v) is 1.41. The van der Waals surface area contributed by atoms with Crippen LogP contribution in [-0.2, 0) is 0 Å². The summed E-state index contributed by atoms with van der Waals surface area (Å²) in [5.41, 5.74) is 0. The van der Waals surface area contributed by atoms with Crippen LogP contribution in [0.4, 0.5) is 13.2 Å². The van der Waals surface area contributed by atoms with Crippen LogP contribution in [0.3, 0.4) is 0 Å². The van der Waals surface area contributed by atoms with Crippen molar-refractivity contribution in [2.45, 2.75) is 6.18 Å². The summed E-state index contributed by atoms with van der Waals surface area (Å²) in [6, 6.07) is 0. The zero-order valence-corrected chi connectivity index (χ0v) is 8.34. The van der Waals surface area contributed by atoms with Gasteiger partial charge in [0.05, 0.1) is 0 Å². The molecule has 7 heteroatoms. The molecule has 0 atom stereocenters. The predicted molar refractivity (Wildman–Crippen MR) is 51.1 cm³/mol. The van der Waals surface area contributed by atoms with E-state index in [0.29, 0.717) is 13.1 Å². The minimum atomic E-state index is -4.21. The molecule has 0 aliphatic carbocycles. The maximum absolute atomic E-state index is 11.8. The number of rotatable bonds is 1. The van der Waals surface area contributed by atoms with Crippen LogP contribution in [-0.4, -0.2) is 48.9 Å². The SMILES string of the molecule is FC(F)(F)CNC(=S)N1CCNCC1. The van der Waals surface area contributed by atoms with Crippen molar-refractivity contribution in [3.05, 3.63) is 0 Å². The molecule has 1 saturated heterocycles. The van der Waals surface area contributed by atoms with Crippen LogP contribution in [0.5, 0.6) is 0 Å². The molecule has 0 amide bonds. The highest BCUT2D eigenvalue weighted by Crippen LogP contribution is 2.12. The van der Waals surface area contributed by atoms with Crippen molar-refractivity contribution in [2.24, 2.45) is 0 Å². The first-order valence-electron chi connectivity index (χ1n) is 4.29. The van der Waals surface area contributed by atoms with Gasteiger partial charge in [-0.25, -0.2) is 0 Å². The van der Waals surface area contributed by atoms with Crippen molar-refractivity contribution in [1.29, 1.82) is 0 Å². The predicted octanol–water partition coefficient (Wildman–Crippen LogP) is 0.328. The van der Waals surface area contributed by atoms with E-state index in [-0.39, 0.29) is 5.11 Å². The molecule has 0 saturated carbocycles. The molecule has 82 valence electrons. The first kappa shape index (κ1) is 11.5. The zero-order valence-electron chi connectivity index (χ0n) is 7.52. The highest BCUT2D eigenvalue weighted by Gasteiger charge is 2.27. The average molecular weight is 227 g/mol. The zero-order chi connectivity index (χ0) is 10.6. The van der Waals surface area contributed by atoms with E-state index in [4.69, 9.17) is 12.2 Å². The number of piperazine rings is 1. The van der Waals surface area contributed by atoms with Gasteiger partial charge in [-0.3, -0.25) is 0 Å². The first-order valence-corrected chi connectivity index (χ1v) is 4.70. The smallest absolute Gasteiger partial charge is 0.354 e. The summed E-state index contributed by atoms with van der Waals surface area (Å²) >= 11 is 4.83. The second-order valence-electron chi connectivity index (χ2n) is 3.01. The third-order valence-corrected chi connectivity index (χ3v) is 2.25. The Hall–Kier alpha value is -0.560. The van der Waals surface area contributed by atoms with E-state index >= 15 is 0 Å². The lowest BCUT2D eigenvalue weighted by atomic mass is 10.4. The number of thiocarbonyl (C=S) groups is 1. The lowest BCUT2D eigenvalue weighted by Gasteiger charge is -2.30. The Bertz CT molecular complexity index is 201.